The van der Waals surface area contributed by atoms with Gasteiger partial charge in [-0.2, -0.15) is 18.3 Å². The molecule has 0 radical (unpaired) electrons. The molecule has 0 aliphatic carbocycles. The first-order valence-corrected chi connectivity index (χ1v) is 6.12. The number of alkyl halides is 3. The summed E-state index contributed by atoms with van der Waals surface area (Å²) in [4.78, 5) is 4.06. The second-order valence-electron chi connectivity index (χ2n) is 5.22. The molecule has 5 nitrogen and oxygen atoms in total. The van der Waals surface area contributed by atoms with Crippen molar-refractivity contribution in [3.8, 4) is 0 Å². The van der Waals surface area contributed by atoms with Crippen molar-refractivity contribution in [2.24, 2.45) is 0 Å². The minimum absolute atomic E-state index is 0.0295. The van der Waals surface area contributed by atoms with Crippen molar-refractivity contribution < 1.29 is 18.3 Å². The first kappa shape index (κ1) is 13.2. The maximum Gasteiger partial charge on any atom is 0.401 e. The molecule has 0 amide bonds. The van der Waals surface area contributed by atoms with Gasteiger partial charge in [0.15, 0.2) is 5.65 Å². The number of nitrogens with zero attached hydrogens (tertiary/aromatic N) is 3. The van der Waals surface area contributed by atoms with Crippen LogP contribution >= 0.6 is 0 Å². The standard InChI is InChI=1S/C12H13F3N4O/c1-6(20)7-3-9-16-4-8-10(19(9)18-7)11(2,5-17-8)12(13,14)15/h3-4,6,17,20H,5H2,1-2H3. The van der Waals surface area contributed by atoms with Gasteiger partial charge in [0.25, 0.3) is 0 Å². The van der Waals surface area contributed by atoms with E-state index in [1.807, 2.05) is 0 Å². The Balaban J connectivity index is 2.30. The zero-order valence-electron chi connectivity index (χ0n) is 10.9. The molecule has 2 aromatic heterocycles. The lowest BCUT2D eigenvalue weighted by atomic mass is 9.88. The van der Waals surface area contributed by atoms with Gasteiger partial charge in [-0.1, -0.05) is 0 Å². The molecular formula is C12H13F3N4O. The van der Waals surface area contributed by atoms with E-state index in [1.54, 1.807) is 0 Å². The number of aliphatic hydroxyl groups excluding tert-OH is 1. The predicted octanol–water partition coefficient (Wildman–Crippen LogP) is 2.03. The number of rotatable bonds is 1. The Bertz CT molecular complexity index is 679. The monoisotopic (exact) mass is 286 g/mol. The van der Waals surface area contributed by atoms with E-state index in [0.29, 0.717) is 17.0 Å². The molecule has 20 heavy (non-hydrogen) atoms. The predicted molar refractivity (Wildman–Crippen MR) is 65.5 cm³/mol. The zero-order chi connectivity index (χ0) is 14.7. The molecule has 2 aromatic rings. The van der Waals surface area contributed by atoms with Gasteiger partial charge in [0.1, 0.15) is 5.41 Å². The smallest absolute Gasteiger partial charge is 0.387 e. The highest BCUT2D eigenvalue weighted by molar-refractivity contribution is 5.60. The van der Waals surface area contributed by atoms with Crippen molar-refractivity contribution in [1.82, 2.24) is 14.6 Å². The van der Waals surface area contributed by atoms with Gasteiger partial charge in [-0.05, 0) is 13.8 Å². The molecule has 2 N–H and O–H groups in total. The summed E-state index contributed by atoms with van der Waals surface area (Å²) in [5.41, 5.74) is -1.11. The molecule has 0 aromatic carbocycles. The third kappa shape index (κ3) is 1.60. The van der Waals surface area contributed by atoms with Crippen LogP contribution in [-0.2, 0) is 5.41 Å². The van der Waals surface area contributed by atoms with Gasteiger partial charge in [0.05, 0.1) is 29.4 Å². The molecule has 0 bridgehead atoms. The van der Waals surface area contributed by atoms with E-state index in [2.05, 4.69) is 15.4 Å². The van der Waals surface area contributed by atoms with Crippen LogP contribution in [0.15, 0.2) is 12.3 Å². The SMILES string of the molecule is CC(O)c1cc2ncc3c(n2n1)C(C)(C(F)(F)F)CN3. The van der Waals surface area contributed by atoms with E-state index in [0.717, 1.165) is 6.92 Å². The number of aliphatic hydroxyl groups is 1. The number of fused-ring (bicyclic) bond motifs is 3. The van der Waals surface area contributed by atoms with E-state index < -0.39 is 17.7 Å². The van der Waals surface area contributed by atoms with Crippen LogP contribution < -0.4 is 5.32 Å². The quantitative estimate of drug-likeness (QED) is 0.842. The summed E-state index contributed by atoms with van der Waals surface area (Å²) in [5, 5.41) is 16.3. The summed E-state index contributed by atoms with van der Waals surface area (Å²) in [6.07, 6.45) is -3.90. The fourth-order valence-electron chi connectivity index (χ4n) is 2.41. The highest BCUT2D eigenvalue weighted by atomic mass is 19.4. The van der Waals surface area contributed by atoms with Crippen LogP contribution in [0.25, 0.3) is 5.65 Å². The molecule has 0 fully saturated rings. The Hall–Kier alpha value is -1.83. The Morgan fingerprint density at radius 2 is 2.20 bits per heavy atom. The van der Waals surface area contributed by atoms with E-state index in [1.165, 1.54) is 23.7 Å². The molecule has 2 atom stereocenters. The summed E-state index contributed by atoms with van der Waals surface area (Å²) in [7, 11) is 0. The van der Waals surface area contributed by atoms with Crippen LogP contribution in [0.1, 0.15) is 31.3 Å². The Labute approximate surface area is 112 Å². The van der Waals surface area contributed by atoms with Crippen LogP contribution in [0.2, 0.25) is 0 Å². The van der Waals surface area contributed by atoms with Crippen LogP contribution in [0.3, 0.4) is 0 Å². The maximum atomic E-state index is 13.4. The van der Waals surface area contributed by atoms with E-state index in [-0.39, 0.29) is 12.2 Å². The van der Waals surface area contributed by atoms with Gasteiger partial charge in [-0.15, -0.1) is 0 Å². The van der Waals surface area contributed by atoms with Crippen molar-refractivity contribution in [2.75, 3.05) is 11.9 Å². The summed E-state index contributed by atoms with van der Waals surface area (Å²) in [6.45, 7) is 2.38. The largest absolute Gasteiger partial charge is 0.401 e. The van der Waals surface area contributed by atoms with Gasteiger partial charge >= 0.3 is 6.18 Å². The second kappa shape index (κ2) is 3.85. The van der Waals surface area contributed by atoms with E-state index in [4.69, 9.17) is 0 Å². The van der Waals surface area contributed by atoms with Crippen LogP contribution in [0, 0.1) is 0 Å². The number of aromatic nitrogens is 3. The lowest BCUT2D eigenvalue weighted by molar-refractivity contribution is -0.181. The number of nitrogens with one attached hydrogen (secondary N) is 1. The summed E-state index contributed by atoms with van der Waals surface area (Å²) in [5.74, 6) is 0. The number of anilines is 1. The molecule has 108 valence electrons. The van der Waals surface area contributed by atoms with Crippen LogP contribution in [0.5, 0.6) is 0 Å². The minimum atomic E-state index is -4.41. The Morgan fingerprint density at radius 3 is 2.80 bits per heavy atom. The van der Waals surface area contributed by atoms with Crippen molar-refractivity contribution in [3.05, 3.63) is 23.7 Å². The summed E-state index contributed by atoms with van der Waals surface area (Å²) < 4.78 is 41.3. The molecule has 0 saturated heterocycles. The van der Waals surface area contributed by atoms with E-state index in [9.17, 15) is 18.3 Å². The van der Waals surface area contributed by atoms with Gasteiger partial charge < -0.3 is 10.4 Å². The van der Waals surface area contributed by atoms with Gasteiger partial charge in [-0.25, -0.2) is 9.50 Å². The van der Waals surface area contributed by atoms with Crippen molar-refractivity contribution in [3.63, 3.8) is 0 Å². The maximum absolute atomic E-state index is 13.4. The summed E-state index contributed by atoms with van der Waals surface area (Å²) in [6, 6.07) is 1.49. The van der Waals surface area contributed by atoms with Gasteiger partial charge in [-0.3, -0.25) is 0 Å². The third-order valence-corrected chi connectivity index (χ3v) is 3.71. The first-order valence-electron chi connectivity index (χ1n) is 6.12. The lowest BCUT2D eigenvalue weighted by Gasteiger charge is -2.27. The average molecular weight is 286 g/mol. The van der Waals surface area contributed by atoms with Crippen LogP contribution in [-0.4, -0.2) is 32.4 Å². The van der Waals surface area contributed by atoms with Crippen LogP contribution in [0.4, 0.5) is 18.9 Å². The molecule has 8 heteroatoms. The first-order chi connectivity index (χ1) is 9.24. The van der Waals surface area contributed by atoms with Crippen molar-refractivity contribution in [2.45, 2.75) is 31.5 Å². The third-order valence-electron chi connectivity index (χ3n) is 3.71. The molecule has 0 saturated carbocycles. The molecule has 3 rings (SSSR count). The highest BCUT2D eigenvalue weighted by Crippen LogP contribution is 2.47. The molecular weight excluding hydrogens is 273 g/mol. The number of hydrogen-bond acceptors (Lipinski definition) is 4. The number of hydrogen-bond donors (Lipinski definition) is 2. The second-order valence-corrected chi connectivity index (χ2v) is 5.22. The van der Waals surface area contributed by atoms with Crippen molar-refractivity contribution >= 4 is 11.3 Å². The van der Waals surface area contributed by atoms with Crippen molar-refractivity contribution in [1.29, 1.82) is 0 Å². The normalized spacial score (nSPS) is 23.7. The number of halogens is 3. The van der Waals surface area contributed by atoms with Gasteiger partial charge in [0.2, 0.25) is 0 Å². The van der Waals surface area contributed by atoms with Gasteiger partial charge in [0, 0.05) is 12.6 Å². The fourth-order valence-corrected chi connectivity index (χ4v) is 2.41. The lowest BCUT2D eigenvalue weighted by Crippen LogP contribution is -2.42. The molecule has 1 aliphatic rings. The summed E-state index contributed by atoms with van der Waals surface area (Å²) >= 11 is 0. The van der Waals surface area contributed by atoms with E-state index >= 15 is 0 Å². The zero-order valence-corrected chi connectivity index (χ0v) is 10.9. The molecule has 2 unspecified atom stereocenters. The molecule has 3 heterocycles. The minimum Gasteiger partial charge on any atom is -0.387 e. The molecule has 1 aliphatic heterocycles. The Kier molecular flexibility index (Phi) is 2.53. The Morgan fingerprint density at radius 1 is 1.50 bits per heavy atom. The molecule has 0 spiro atoms. The topological polar surface area (TPSA) is 62.5 Å². The highest BCUT2D eigenvalue weighted by Gasteiger charge is 2.57. The average Bonchev–Trinajstić information content (AvgIpc) is 2.90. The fraction of sp³-hybridized carbons (Fsp3) is 0.500.